The number of rotatable bonds is 7. The Bertz CT molecular complexity index is 608. The highest BCUT2D eigenvalue weighted by atomic mass is 32.2. The minimum atomic E-state index is 0.581. The molecule has 1 saturated heterocycles. The summed E-state index contributed by atoms with van der Waals surface area (Å²) in [7, 11) is 1.63. The minimum Gasteiger partial charge on any atom is -0.481 e. The molecule has 1 aromatic heterocycles. The maximum absolute atomic E-state index is 5.27. The lowest BCUT2D eigenvalue weighted by atomic mass is 10.2. The van der Waals surface area contributed by atoms with Crippen LogP contribution in [0.1, 0.15) is 12.0 Å². The van der Waals surface area contributed by atoms with Crippen molar-refractivity contribution in [2.75, 3.05) is 24.9 Å². The standard InChI is InChI=1S/C15H18N4OS2/c1-20-14-10-13(18-22-19-8-5-9-19)16-15(17-14)21-11-12-6-3-2-4-7-12/h2-4,6-7,10H,5,8-9,11H2,1H3,(H,16,17,18). The molecule has 1 aliphatic rings. The van der Waals surface area contributed by atoms with Gasteiger partial charge < -0.3 is 9.46 Å². The van der Waals surface area contributed by atoms with Crippen molar-refractivity contribution in [3.63, 3.8) is 0 Å². The fourth-order valence-corrected chi connectivity index (χ4v) is 3.41. The van der Waals surface area contributed by atoms with Gasteiger partial charge in [-0.25, -0.2) is 9.29 Å². The van der Waals surface area contributed by atoms with E-state index in [1.807, 2.05) is 24.3 Å². The maximum atomic E-state index is 5.27. The Balaban J connectivity index is 1.63. The molecule has 0 unspecified atom stereocenters. The second-order valence-electron chi connectivity index (χ2n) is 4.83. The summed E-state index contributed by atoms with van der Waals surface area (Å²) in [6.07, 6.45) is 1.26. The quantitative estimate of drug-likeness (QED) is 0.473. The number of aromatic nitrogens is 2. The van der Waals surface area contributed by atoms with Gasteiger partial charge in [0, 0.05) is 37.0 Å². The first-order valence-electron chi connectivity index (χ1n) is 7.11. The van der Waals surface area contributed by atoms with Crippen LogP contribution in [0, 0.1) is 0 Å². The van der Waals surface area contributed by atoms with Gasteiger partial charge in [0.1, 0.15) is 5.82 Å². The number of nitrogens with one attached hydrogen (secondary N) is 1. The van der Waals surface area contributed by atoms with Crippen molar-refractivity contribution in [2.24, 2.45) is 0 Å². The number of ether oxygens (including phenoxy) is 1. The van der Waals surface area contributed by atoms with Crippen LogP contribution in [0.2, 0.25) is 0 Å². The zero-order valence-electron chi connectivity index (χ0n) is 12.4. The van der Waals surface area contributed by atoms with Crippen molar-refractivity contribution >= 4 is 29.7 Å². The van der Waals surface area contributed by atoms with Crippen LogP contribution in [0.5, 0.6) is 5.88 Å². The monoisotopic (exact) mass is 334 g/mol. The highest BCUT2D eigenvalue weighted by Gasteiger charge is 2.15. The van der Waals surface area contributed by atoms with Crippen molar-refractivity contribution in [1.82, 2.24) is 14.3 Å². The summed E-state index contributed by atoms with van der Waals surface area (Å²) in [4.78, 5) is 8.93. The predicted octanol–water partition coefficient (Wildman–Crippen LogP) is 3.46. The molecular formula is C15H18N4OS2. The van der Waals surface area contributed by atoms with Crippen molar-refractivity contribution < 1.29 is 4.74 Å². The summed E-state index contributed by atoms with van der Waals surface area (Å²) in [6, 6.07) is 12.1. The molecule has 0 spiro atoms. The second-order valence-corrected chi connectivity index (χ2v) is 6.67. The second kappa shape index (κ2) is 7.71. The van der Waals surface area contributed by atoms with E-state index in [1.54, 1.807) is 31.0 Å². The molecule has 0 aliphatic carbocycles. The van der Waals surface area contributed by atoms with Crippen LogP contribution in [0.15, 0.2) is 41.6 Å². The summed E-state index contributed by atoms with van der Waals surface area (Å²) in [5.74, 6) is 2.20. The van der Waals surface area contributed by atoms with Gasteiger partial charge in [0.15, 0.2) is 5.16 Å². The fourth-order valence-electron chi connectivity index (χ4n) is 1.84. The topological polar surface area (TPSA) is 50.3 Å². The smallest absolute Gasteiger partial charge is 0.219 e. The van der Waals surface area contributed by atoms with E-state index in [-0.39, 0.29) is 0 Å². The summed E-state index contributed by atoms with van der Waals surface area (Å²) < 4.78 is 10.8. The van der Waals surface area contributed by atoms with Crippen LogP contribution in [0.4, 0.5) is 5.82 Å². The molecule has 0 atom stereocenters. The number of thioether (sulfide) groups is 1. The lowest BCUT2D eigenvalue weighted by Gasteiger charge is -2.28. The Hall–Kier alpha value is -1.44. The number of hydrogen-bond donors (Lipinski definition) is 1. The van der Waals surface area contributed by atoms with E-state index >= 15 is 0 Å². The average Bonchev–Trinajstić information content (AvgIpc) is 2.52. The van der Waals surface area contributed by atoms with Crippen LogP contribution in [-0.2, 0) is 5.75 Å². The Morgan fingerprint density at radius 2 is 2.05 bits per heavy atom. The van der Waals surface area contributed by atoms with Crippen LogP contribution >= 0.6 is 23.9 Å². The van der Waals surface area contributed by atoms with E-state index < -0.39 is 0 Å². The summed E-state index contributed by atoms with van der Waals surface area (Å²) >= 11 is 3.19. The van der Waals surface area contributed by atoms with E-state index in [4.69, 9.17) is 4.74 Å². The lowest BCUT2D eigenvalue weighted by molar-refractivity contribution is 0.345. The molecule has 0 saturated carbocycles. The summed E-state index contributed by atoms with van der Waals surface area (Å²) in [5.41, 5.74) is 1.25. The van der Waals surface area contributed by atoms with Gasteiger partial charge in [0.2, 0.25) is 5.88 Å². The predicted molar refractivity (Wildman–Crippen MR) is 92.0 cm³/mol. The van der Waals surface area contributed by atoms with Crippen LogP contribution in [0.3, 0.4) is 0 Å². The van der Waals surface area contributed by atoms with E-state index in [0.717, 1.165) is 29.8 Å². The van der Waals surface area contributed by atoms with Gasteiger partial charge in [-0.05, 0) is 12.0 Å². The number of anilines is 1. The third-order valence-corrected chi connectivity index (χ3v) is 5.04. The van der Waals surface area contributed by atoms with Crippen LogP contribution < -0.4 is 9.46 Å². The molecule has 1 N–H and O–H groups in total. The molecule has 3 rings (SSSR count). The Kier molecular flexibility index (Phi) is 5.42. The van der Waals surface area contributed by atoms with Crippen LogP contribution in [-0.4, -0.2) is 34.5 Å². The van der Waals surface area contributed by atoms with Gasteiger partial charge >= 0.3 is 0 Å². The van der Waals surface area contributed by atoms with Gasteiger partial charge in [0.25, 0.3) is 0 Å². The molecule has 2 heterocycles. The summed E-state index contributed by atoms with van der Waals surface area (Å²) in [5, 5.41) is 0.718. The summed E-state index contributed by atoms with van der Waals surface area (Å²) in [6.45, 7) is 2.24. The molecule has 22 heavy (non-hydrogen) atoms. The van der Waals surface area contributed by atoms with Crippen molar-refractivity contribution in [2.45, 2.75) is 17.3 Å². The number of methoxy groups -OCH3 is 1. The molecule has 0 amide bonds. The first kappa shape index (κ1) is 15.5. The molecular weight excluding hydrogens is 316 g/mol. The molecule has 1 aromatic carbocycles. The zero-order chi connectivity index (χ0) is 15.2. The van der Waals surface area contributed by atoms with E-state index in [9.17, 15) is 0 Å². The van der Waals surface area contributed by atoms with Crippen LogP contribution in [0.25, 0.3) is 0 Å². The largest absolute Gasteiger partial charge is 0.481 e. The molecule has 0 bridgehead atoms. The Morgan fingerprint density at radius 1 is 1.23 bits per heavy atom. The van der Waals surface area contributed by atoms with Crippen molar-refractivity contribution in [1.29, 1.82) is 0 Å². The lowest BCUT2D eigenvalue weighted by Crippen LogP contribution is -2.31. The van der Waals surface area contributed by atoms with Crippen molar-refractivity contribution in [3.05, 3.63) is 42.0 Å². The van der Waals surface area contributed by atoms with Gasteiger partial charge in [-0.15, -0.1) is 0 Å². The first-order valence-corrected chi connectivity index (χ1v) is 8.87. The third kappa shape index (κ3) is 4.28. The Labute approximate surface area is 139 Å². The molecule has 1 aliphatic heterocycles. The number of nitrogens with zero attached hydrogens (tertiary/aromatic N) is 3. The van der Waals surface area contributed by atoms with Gasteiger partial charge in [0.05, 0.1) is 7.11 Å². The van der Waals surface area contributed by atoms with Gasteiger partial charge in [-0.1, -0.05) is 42.1 Å². The van der Waals surface area contributed by atoms with E-state index in [1.165, 1.54) is 12.0 Å². The normalized spacial score (nSPS) is 14.4. The molecule has 116 valence electrons. The van der Waals surface area contributed by atoms with Gasteiger partial charge in [-0.3, -0.25) is 0 Å². The molecule has 7 heteroatoms. The van der Waals surface area contributed by atoms with E-state index in [0.29, 0.717) is 5.88 Å². The highest BCUT2D eigenvalue weighted by Crippen LogP contribution is 2.26. The molecule has 5 nitrogen and oxygen atoms in total. The third-order valence-electron chi connectivity index (χ3n) is 3.20. The molecule has 0 radical (unpaired) electrons. The molecule has 2 aromatic rings. The minimum absolute atomic E-state index is 0.581. The fraction of sp³-hybridized carbons (Fsp3) is 0.333. The zero-order valence-corrected chi connectivity index (χ0v) is 14.0. The Morgan fingerprint density at radius 3 is 2.73 bits per heavy atom. The SMILES string of the molecule is COc1cc(NSN2CCC2)nc(SCc2ccccc2)n1. The highest BCUT2D eigenvalue weighted by molar-refractivity contribution is 7.98. The van der Waals surface area contributed by atoms with Gasteiger partial charge in [-0.2, -0.15) is 4.98 Å². The first-order chi connectivity index (χ1) is 10.8. The maximum Gasteiger partial charge on any atom is 0.219 e. The number of hydrogen-bond acceptors (Lipinski definition) is 7. The van der Waals surface area contributed by atoms with Crippen molar-refractivity contribution in [3.8, 4) is 5.88 Å². The average molecular weight is 334 g/mol. The number of benzene rings is 1. The van der Waals surface area contributed by atoms with E-state index in [2.05, 4.69) is 31.1 Å². The molecule has 1 fully saturated rings.